The first-order valence-corrected chi connectivity index (χ1v) is 9.27. The summed E-state index contributed by atoms with van der Waals surface area (Å²) in [5, 5.41) is 4.74. The fourth-order valence-electron chi connectivity index (χ4n) is 2.21. The molecule has 3 rings (SSSR count). The molecule has 0 aliphatic heterocycles. The molecule has 0 saturated carbocycles. The summed E-state index contributed by atoms with van der Waals surface area (Å²) in [6, 6.07) is 6.14. The summed E-state index contributed by atoms with van der Waals surface area (Å²) in [5.41, 5.74) is 2.92. The van der Waals surface area contributed by atoms with E-state index in [1.54, 1.807) is 17.7 Å². The lowest BCUT2D eigenvalue weighted by Crippen LogP contribution is -2.04. The van der Waals surface area contributed by atoms with Gasteiger partial charge in [-0.3, -0.25) is 0 Å². The smallest absolute Gasteiger partial charge is 0.147 e. The summed E-state index contributed by atoms with van der Waals surface area (Å²) in [5.74, 6) is -0.869. The molecule has 1 heterocycles. The molecule has 0 bridgehead atoms. The molecule has 0 radical (unpaired) electrons. The van der Waals surface area contributed by atoms with Crippen LogP contribution in [0.1, 0.15) is 11.1 Å². The minimum absolute atomic E-state index is 0.0213. The Morgan fingerprint density at radius 3 is 2.73 bits per heavy atom. The Labute approximate surface area is 157 Å². The highest BCUT2D eigenvalue weighted by molar-refractivity contribution is 8.00. The Kier molecular flexibility index (Phi) is 5.85. The zero-order valence-electron chi connectivity index (χ0n) is 13.4. The fraction of sp³-hybridized carbons (Fsp3) is 0.0556. The van der Waals surface area contributed by atoms with E-state index in [0.717, 1.165) is 30.1 Å². The maximum atomic E-state index is 14.4. The number of nitrogens with zero attached hydrogens (tertiary/aromatic N) is 1. The van der Waals surface area contributed by atoms with Crippen LogP contribution >= 0.6 is 23.3 Å². The second kappa shape index (κ2) is 8.29. The van der Waals surface area contributed by atoms with E-state index in [1.165, 1.54) is 17.4 Å². The van der Waals surface area contributed by atoms with Gasteiger partial charge in [-0.05, 0) is 47.8 Å². The van der Waals surface area contributed by atoms with Gasteiger partial charge >= 0.3 is 0 Å². The molecule has 0 saturated heterocycles. The number of hydrogen-bond donors (Lipinski definition) is 2. The predicted molar refractivity (Wildman–Crippen MR) is 102 cm³/mol. The van der Waals surface area contributed by atoms with Crippen molar-refractivity contribution in [3.63, 3.8) is 0 Å². The van der Waals surface area contributed by atoms with Crippen LogP contribution in [0, 0.1) is 17.5 Å². The van der Waals surface area contributed by atoms with E-state index < -0.39 is 17.5 Å². The molecule has 1 aromatic heterocycles. The van der Waals surface area contributed by atoms with Crippen LogP contribution in [-0.2, 0) is 6.54 Å². The van der Waals surface area contributed by atoms with Crippen LogP contribution in [-0.4, -0.2) is 4.98 Å². The lowest BCUT2D eigenvalue weighted by molar-refractivity contribution is 0.587. The molecule has 26 heavy (non-hydrogen) atoms. The van der Waals surface area contributed by atoms with E-state index in [0.29, 0.717) is 22.0 Å². The van der Waals surface area contributed by atoms with Crippen molar-refractivity contribution in [2.45, 2.75) is 11.4 Å². The fourth-order valence-corrected chi connectivity index (χ4v) is 3.44. The molecule has 0 spiro atoms. The van der Waals surface area contributed by atoms with Gasteiger partial charge in [0.1, 0.15) is 23.3 Å². The van der Waals surface area contributed by atoms with E-state index >= 15 is 0 Å². The molecule has 8 heteroatoms. The van der Waals surface area contributed by atoms with Gasteiger partial charge in [0.25, 0.3) is 0 Å². The summed E-state index contributed by atoms with van der Waals surface area (Å²) >= 11 is 2.53. The van der Waals surface area contributed by atoms with E-state index in [-0.39, 0.29) is 12.1 Å². The number of rotatable bonds is 7. The second-order valence-electron chi connectivity index (χ2n) is 5.24. The average molecular weight is 393 g/mol. The number of benzene rings is 2. The van der Waals surface area contributed by atoms with Crippen molar-refractivity contribution in [3.05, 3.63) is 76.4 Å². The van der Waals surface area contributed by atoms with Crippen LogP contribution in [0.4, 0.5) is 24.7 Å². The molecule has 0 amide bonds. The quantitative estimate of drug-likeness (QED) is 0.488. The predicted octanol–water partition coefficient (Wildman–Crippen LogP) is 5.93. The van der Waals surface area contributed by atoms with E-state index in [1.807, 2.05) is 5.38 Å². The van der Waals surface area contributed by atoms with Crippen molar-refractivity contribution < 1.29 is 13.2 Å². The van der Waals surface area contributed by atoms with Gasteiger partial charge in [-0.1, -0.05) is 12.7 Å². The van der Waals surface area contributed by atoms with Crippen molar-refractivity contribution in [3.8, 4) is 0 Å². The summed E-state index contributed by atoms with van der Waals surface area (Å²) in [6.07, 6.45) is 1.57. The molecule has 0 aliphatic rings. The van der Waals surface area contributed by atoms with Gasteiger partial charge in [0, 0.05) is 23.2 Å². The van der Waals surface area contributed by atoms with Gasteiger partial charge in [-0.25, -0.2) is 18.2 Å². The zero-order valence-corrected chi connectivity index (χ0v) is 15.1. The maximum Gasteiger partial charge on any atom is 0.147 e. The first-order valence-electron chi connectivity index (χ1n) is 7.51. The maximum absolute atomic E-state index is 14.4. The van der Waals surface area contributed by atoms with Crippen molar-refractivity contribution >= 4 is 40.9 Å². The number of nitrogens with one attached hydrogen (secondary N) is 2. The van der Waals surface area contributed by atoms with Crippen molar-refractivity contribution in [1.29, 1.82) is 0 Å². The number of anilines is 2. The van der Waals surface area contributed by atoms with Crippen LogP contribution < -0.4 is 10.0 Å². The highest BCUT2D eigenvalue weighted by Crippen LogP contribution is 2.30. The highest BCUT2D eigenvalue weighted by Gasteiger charge is 2.11. The summed E-state index contributed by atoms with van der Waals surface area (Å²) in [7, 11) is 0. The molecule has 2 N–H and O–H groups in total. The van der Waals surface area contributed by atoms with Crippen LogP contribution in [0.5, 0.6) is 0 Å². The molecular formula is C18H14F3N3S2. The Morgan fingerprint density at radius 2 is 2.00 bits per heavy atom. The Morgan fingerprint density at radius 1 is 1.15 bits per heavy atom. The molecule has 0 aliphatic carbocycles. The minimum atomic E-state index is -0.529. The third-order valence-electron chi connectivity index (χ3n) is 3.50. The molecule has 134 valence electrons. The topological polar surface area (TPSA) is 37.0 Å². The number of halogens is 3. The van der Waals surface area contributed by atoms with Gasteiger partial charge in [0.2, 0.25) is 0 Å². The third-order valence-corrected chi connectivity index (χ3v) is 4.93. The van der Waals surface area contributed by atoms with Gasteiger partial charge in [-0.15, -0.1) is 11.3 Å². The van der Waals surface area contributed by atoms with Crippen LogP contribution in [0.15, 0.2) is 52.7 Å². The van der Waals surface area contributed by atoms with Crippen molar-refractivity contribution in [1.82, 2.24) is 4.98 Å². The lowest BCUT2D eigenvalue weighted by Gasteiger charge is -2.13. The summed E-state index contributed by atoms with van der Waals surface area (Å²) in [4.78, 5) is 4.44. The van der Waals surface area contributed by atoms with Crippen LogP contribution in [0.3, 0.4) is 0 Å². The van der Waals surface area contributed by atoms with Crippen molar-refractivity contribution in [2.75, 3.05) is 10.0 Å². The summed E-state index contributed by atoms with van der Waals surface area (Å²) < 4.78 is 44.3. The normalized spacial score (nSPS) is 10.6. The Balaban J connectivity index is 1.76. The van der Waals surface area contributed by atoms with E-state index in [4.69, 9.17) is 0 Å². The first kappa shape index (κ1) is 18.3. The SMILES string of the molecule is C=Cc1cc(SNc2cscn2)c(F)cc1NCc1cc(F)ccc1F. The third kappa shape index (κ3) is 4.39. The number of thiazole rings is 1. The largest absolute Gasteiger partial charge is 0.380 e. The lowest BCUT2D eigenvalue weighted by atomic mass is 10.1. The second-order valence-corrected chi connectivity index (χ2v) is 6.81. The highest BCUT2D eigenvalue weighted by atomic mass is 32.2. The van der Waals surface area contributed by atoms with E-state index in [9.17, 15) is 13.2 Å². The summed E-state index contributed by atoms with van der Waals surface area (Å²) in [6.45, 7) is 3.74. The van der Waals surface area contributed by atoms with Gasteiger partial charge in [0.15, 0.2) is 0 Å². The zero-order chi connectivity index (χ0) is 18.5. The van der Waals surface area contributed by atoms with Crippen LogP contribution in [0.2, 0.25) is 0 Å². The Hall–Kier alpha value is -2.45. The molecule has 0 fully saturated rings. The molecule has 0 unspecified atom stereocenters. The van der Waals surface area contributed by atoms with Crippen LogP contribution in [0.25, 0.3) is 6.08 Å². The molecule has 2 aromatic carbocycles. The number of aromatic nitrogens is 1. The average Bonchev–Trinajstić information content (AvgIpc) is 3.15. The first-order chi connectivity index (χ1) is 12.6. The monoisotopic (exact) mass is 393 g/mol. The molecule has 3 nitrogen and oxygen atoms in total. The minimum Gasteiger partial charge on any atom is -0.380 e. The van der Waals surface area contributed by atoms with E-state index in [2.05, 4.69) is 21.6 Å². The standard InChI is InChI=1S/C18H14F3N3S2/c1-2-11-6-17(26-24-18-9-25-10-23-18)15(21)7-16(11)22-8-12-5-13(19)3-4-14(12)20/h2-7,9-10,22,24H,1,8H2. The van der Waals surface area contributed by atoms with Gasteiger partial charge in [0.05, 0.1) is 10.4 Å². The van der Waals surface area contributed by atoms with Crippen molar-refractivity contribution in [2.24, 2.45) is 0 Å². The number of hydrogen-bond acceptors (Lipinski definition) is 5. The molecule has 0 atom stereocenters. The molecular weight excluding hydrogens is 379 g/mol. The molecule has 3 aromatic rings. The Bertz CT molecular complexity index is 914. The van der Waals surface area contributed by atoms with Gasteiger partial charge in [-0.2, -0.15) is 0 Å². The van der Waals surface area contributed by atoms with Gasteiger partial charge < -0.3 is 10.0 Å².